The van der Waals surface area contributed by atoms with Crippen LogP contribution in [-0.4, -0.2) is 0 Å². The normalized spacial score (nSPS) is 15.8. The van der Waals surface area contributed by atoms with Crippen LogP contribution in [0.1, 0.15) is 73.1 Å². The summed E-state index contributed by atoms with van der Waals surface area (Å²) in [6, 6.07) is 0. The summed E-state index contributed by atoms with van der Waals surface area (Å²) in [5, 5.41) is 0. The minimum atomic E-state index is 0.325. The van der Waals surface area contributed by atoms with E-state index in [9.17, 15) is 0 Å². The van der Waals surface area contributed by atoms with Gasteiger partial charge in [-0.3, -0.25) is 0 Å². The molecule has 0 nitrogen and oxygen atoms in total. The predicted octanol–water partition coefficient (Wildman–Crippen LogP) is 6.94. The Morgan fingerprint density at radius 2 is 1.80 bits per heavy atom. The fourth-order valence-electron chi connectivity index (χ4n) is 2.54. The Morgan fingerprint density at radius 1 is 1.15 bits per heavy atom. The first-order valence-corrected chi connectivity index (χ1v) is 8.27. The molecule has 20 heavy (non-hydrogen) atoms. The minimum absolute atomic E-state index is 0.325. The molecule has 0 aliphatic carbocycles. The lowest BCUT2D eigenvalue weighted by Crippen LogP contribution is -2.14. The van der Waals surface area contributed by atoms with E-state index in [0.29, 0.717) is 11.3 Å². The van der Waals surface area contributed by atoms with Crippen molar-refractivity contribution in [3.8, 4) is 0 Å². The van der Waals surface area contributed by atoms with Gasteiger partial charge in [0.25, 0.3) is 0 Å². The van der Waals surface area contributed by atoms with Crippen LogP contribution in [0.3, 0.4) is 0 Å². The van der Waals surface area contributed by atoms with Crippen LogP contribution in [0.4, 0.5) is 0 Å². The molecule has 0 bridgehead atoms. The van der Waals surface area contributed by atoms with E-state index in [4.69, 9.17) is 0 Å². The SMILES string of the molecule is C=CCCC(C)C(=CCC(C)CC)CC(C)(C)CC=C. The molecule has 0 spiro atoms. The summed E-state index contributed by atoms with van der Waals surface area (Å²) in [7, 11) is 0. The molecule has 0 saturated heterocycles. The quantitative estimate of drug-likeness (QED) is 0.358. The van der Waals surface area contributed by atoms with Crippen molar-refractivity contribution >= 4 is 0 Å². The molecule has 2 unspecified atom stereocenters. The Hall–Kier alpha value is -0.780. The fraction of sp³-hybridized carbons (Fsp3) is 0.700. The highest BCUT2D eigenvalue weighted by Crippen LogP contribution is 2.34. The Kier molecular flexibility index (Phi) is 9.63. The van der Waals surface area contributed by atoms with Crippen molar-refractivity contribution in [2.24, 2.45) is 17.3 Å². The summed E-state index contributed by atoms with van der Waals surface area (Å²) < 4.78 is 0. The molecule has 0 aromatic carbocycles. The molecule has 116 valence electrons. The van der Waals surface area contributed by atoms with Gasteiger partial charge in [0, 0.05) is 0 Å². The van der Waals surface area contributed by atoms with Gasteiger partial charge in [0.15, 0.2) is 0 Å². The summed E-state index contributed by atoms with van der Waals surface area (Å²) in [6.07, 6.45) is 13.7. The zero-order valence-corrected chi connectivity index (χ0v) is 14.5. The third-order valence-electron chi connectivity index (χ3n) is 4.30. The number of allylic oxidation sites excluding steroid dienone is 4. The first-order chi connectivity index (χ1) is 9.36. The highest BCUT2D eigenvalue weighted by Gasteiger charge is 2.20. The Morgan fingerprint density at radius 3 is 2.30 bits per heavy atom. The van der Waals surface area contributed by atoms with E-state index in [2.05, 4.69) is 59.9 Å². The van der Waals surface area contributed by atoms with Gasteiger partial charge in [0.1, 0.15) is 0 Å². The van der Waals surface area contributed by atoms with Crippen LogP contribution in [-0.2, 0) is 0 Å². The van der Waals surface area contributed by atoms with E-state index in [1.807, 2.05) is 6.08 Å². The van der Waals surface area contributed by atoms with E-state index >= 15 is 0 Å². The lowest BCUT2D eigenvalue weighted by atomic mass is 9.78. The molecule has 2 atom stereocenters. The molecule has 0 aromatic rings. The van der Waals surface area contributed by atoms with Gasteiger partial charge in [0.2, 0.25) is 0 Å². The van der Waals surface area contributed by atoms with Gasteiger partial charge >= 0.3 is 0 Å². The molecule has 0 rings (SSSR count). The monoisotopic (exact) mass is 276 g/mol. The summed E-state index contributed by atoms with van der Waals surface area (Å²) >= 11 is 0. The van der Waals surface area contributed by atoms with Gasteiger partial charge in [-0.2, -0.15) is 0 Å². The molecule has 0 fully saturated rings. The summed E-state index contributed by atoms with van der Waals surface area (Å²) in [6.45, 7) is 19.5. The second-order valence-corrected chi connectivity index (χ2v) is 7.13. The third kappa shape index (κ3) is 8.40. The van der Waals surface area contributed by atoms with Crippen molar-refractivity contribution in [3.05, 3.63) is 37.0 Å². The van der Waals surface area contributed by atoms with Gasteiger partial charge in [-0.1, -0.05) is 64.8 Å². The zero-order valence-electron chi connectivity index (χ0n) is 14.5. The predicted molar refractivity (Wildman–Crippen MR) is 94.0 cm³/mol. The van der Waals surface area contributed by atoms with Gasteiger partial charge in [0.05, 0.1) is 0 Å². The number of hydrogen-bond donors (Lipinski definition) is 0. The second-order valence-electron chi connectivity index (χ2n) is 7.13. The maximum Gasteiger partial charge on any atom is -0.0229 e. The van der Waals surface area contributed by atoms with Crippen molar-refractivity contribution in [1.82, 2.24) is 0 Å². The van der Waals surface area contributed by atoms with E-state index in [1.165, 1.54) is 25.7 Å². The van der Waals surface area contributed by atoms with Crippen LogP contribution < -0.4 is 0 Å². The molecule has 0 aliphatic heterocycles. The summed E-state index contributed by atoms with van der Waals surface area (Å²) in [5.41, 5.74) is 1.96. The minimum Gasteiger partial charge on any atom is -0.103 e. The van der Waals surface area contributed by atoms with Crippen LogP contribution in [0.2, 0.25) is 0 Å². The van der Waals surface area contributed by atoms with Crippen LogP contribution in [0.15, 0.2) is 37.0 Å². The smallest absolute Gasteiger partial charge is 0.0229 e. The molecular formula is C20H36. The lowest BCUT2D eigenvalue weighted by molar-refractivity contribution is 0.349. The van der Waals surface area contributed by atoms with Crippen molar-refractivity contribution in [2.75, 3.05) is 0 Å². The summed E-state index contributed by atoms with van der Waals surface area (Å²) in [4.78, 5) is 0. The van der Waals surface area contributed by atoms with E-state index in [1.54, 1.807) is 5.57 Å². The second kappa shape index (κ2) is 10.0. The molecule has 0 radical (unpaired) electrons. The van der Waals surface area contributed by atoms with Gasteiger partial charge in [-0.05, 0) is 49.4 Å². The average molecular weight is 277 g/mol. The maximum absolute atomic E-state index is 3.90. The number of hydrogen-bond acceptors (Lipinski definition) is 0. The van der Waals surface area contributed by atoms with E-state index < -0.39 is 0 Å². The van der Waals surface area contributed by atoms with Crippen molar-refractivity contribution < 1.29 is 0 Å². The van der Waals surface area contributed by atoms with Gasteiger partial charge in [-0.15, -0.1) is 13.2 Å². The number of rotatable bonds is 11. The Bertz CT molecular complexity index is 306. The molecular weight excluding hydrogens is 240 g/mol. The fourth-order valence-corrected chi connectivity index (χ4v) is 2.54. The van der Waals surface area contributed by atoms with Crippen LogP contribution in [0.5, 0.6) is 0 Å². The lowest BCUT2D eigenvalue weighted by Gasteiger charge is -2.28. The van der Waals surface area contributed by atoms with E-state index in [-0.39, 0.29) is 0 Å². The Labute approximate surface area is 128 Å². The first-order valence-electron chi connectivity index (χ1n) is 8.27. The maximum atomic E-state index is 3.90. The highest BCUT2D eigenvalue weighted by molar-refractivity contribution is 5.10. The van der Waals surface area contributed by atoms with Gasteiger partial charge < -0.3 is 0 Å². The molecule has 0 heteroatoms. The average Bonchev–Trinajstić information content (AvgIpc) is 2.39. The first kappa shape index (κ1) is 19.2. The van der Waals surface area contributed by atoms with Crippen LogP contribution >= 0.6 is 0 Å². The largest absolute Gasteiger partial charge is 0.103 e. The van der Waals surface area contributed by atoms with Gasteiger partial charge in [-0.25, -0.2) is 0 Å². The molecule has 0 N–H and O–H groups in total. The van der Waals surface area contributed by atoms with Crippen molar-refractivity contribution in [3.63, 3.8) is 0 Å². The van der Waals surface area contributed by atoms with E-state index in [0.717, 1.165) is 18.8 Å². The Balaban J connectivity index is 4.85. The standard InChI is InChI=1S/C20H36/c1-8-11-12-18(5)19(14-13-17(4)10-3)16-20(6,7)15-9-2/h8-9,14,17-18H,1-2,10-13,15-16H2,3-7H3. The topological polar surface area (TPSA) is 0 Å². The molecule has 0 aliphatic rings. The highest BCUT2D eigenvalue weighted by atomic mass is 14.3. The molecule has 0 aromatic heterocycles. The van der Waals surface area contributed by atoms with Crippen molar-refractivity contribution in [1.29, 1.82) is 0 Å². The third-order valence-corrected chi connectivity index (χ3v) is 4.30. The van der Waals surface area contributed by atoms with Crippen LogP contribution in [0.25, 0.3) is 0 Å². The van der Waals surface area contributed by atoms with Crippen LogP contribution in [0, 0.1) is 17.3 Å². The molecule has 0 heterocycles. The molecule has 0 saturated carbocycles. The molecule has 0 amide bonds. The zero-order chi connectivity index (χ0) is 15.6. The van der Waals surface area contributed by atoms with Crippen molar-refractivity contribution in [2.45, 2.75) is 73.1 Å². The summed E-state index contributed by atoms with van der Waals surface area (Å²) in [5.74, 6) is 1.46.